The summed E-state index contributed by atoms with van der Waals surface area (Å²) in [5.41, 5.74) is 0. The number of hydrogen-bond donors (Lipinski definition) is 7. The fraction of sp³-hybridized carbons (Fsp3) is 0.905. The molecule has 6 unspecified atom stereocenters. The molecule has 0 saturated carbocycles. The van der Waals surface area contributed by atoms with Crippen LogP contribution in [0.3, 0.4) is 0 Å². The molecule has 0 heterocycles. The Bertz CT molecular complexity index is 1090. The Kier molecular flexibility index (Phi) is 54.9. The van der Waals surface area contributed by atoms with Gasteiger partial charge in [0, 0.05) is 0 Å². The molecule has 0 bridgehead atoms. The van der Waals surface area contributed by atoms with Crippen LogP contribution >= 0.6 is 0 Å². The minimum atomic E-state index is -1.20. The number of ether oxygens (including phenoxy) is 4. The third kappa shape index (κ3) is 63.7. The second-order valence-electron chi connectivity index (χ2n) is 16.4. The van der Waals surface area contributed by atoms with Crippen molar-refractivity contribution in [2.45, 2.75) is 134 Å². The quantitative estimate of drug-likeness (QED) is 0.0329. The summed E-state index contributed by atoms with van der Waals surface area (Å²) in [6, 6.07) is 0. The van der Waals surface area contributed by atoms with Crippen LogP contribution in [-0.2, 0) is 38.1 Å². The summed E-state index contributed by atoms with van der Waals surface area (Å²) in [6.45, 7) is 16.6. The molecule has 8 N–H and O–H groups in total. The van der Waals surface area contributed by atoms with Crippen molar-refractivity contribution in [3.8, 4) is 0 Å². The van der Waals surface area contributed by atoms with Crippen LogP contribution in [0, 0.1) is 0 Å². The number of carbonyl (C=O) groups is 4. The number of carbonyl (C=O) groups excluding carboxylic acids is 4. The van der Waals surface area contributed by atoms with Crippen LogP contribution in [0.2, 0.25) is 0 Å². The van der Waals surface area contributed by atoms with Crippen molar-refractivity contribution in [3.63, 3.8) is 0 Å². The predicted molar refractivity (Wildman–Crippen MR) is 233 cm³/mol. The van der Waals surface area contributed by atoms with Gasteiger partial charge in [0.05, 0.1) is 110 Å². The SMILES string of the molecule is C.C.C.C.CC(C)OCC(O)C[N+](C)(C)CC(=O)[O-].CC(C)OCC(O)C[N+](C)(CCO)CC(=O)[O-].CC(C)OCC(O)C[NH+](C)CC(=O)[O-].CC(C)OCC(O)C[NH2+]CC(=O)[O-]. The van der Waals surface area contributed by atoms with Gasteiger partial charge in [-0.2, -0.15) is 0 Å². The highest BCUT2D eigenvalue weighted by Crippen LogP contribution is 2.05. The number of rotatable bonds is 30. The Labute approximate surface area is 380 Å². The molecule has 386 valence electrons. The lowest BCUT2D eigenvalue weighted by Gasteiger charge is -2.35. The third-order valence-electron chi connectivity index (χ3n) is 7.33. The Balaban J connectivity index is -0.000000105. The van der Waals surface area contributed by atoms with E-state index in [0.29, 0.717) is 24.5 Å². The number of carboxylic acids is 4. The normalized spacial score (nSPS) is 14.1. The van der Waals surface area contributed by atoms with Crippen molar-refractivity contribution < 1.29 is 103 Å². The van der Waals surface area contributed by atoms with Gasteiger partial charge in [-0.25, -0.2) is 0 Å². The van der Waals surface area contributed by atoms with Gasteiger partial charge in [-0.1, -0.05) is 29.7 Å². The number of quaternary nitrogens is 4. The van der Waals surface area contributed by atoms with Gasteiger partial charge in [-0.3, -0.25) is 0 Å². The maximum atomic E-state index is 10.6. The summed E-state index contributed by atoms with van der Waals surface area (Å²) in [4.78, 5) is 41.9. The van der Waals surface area contributed by atoms with Crippen LogP contribution < -0.4 is 30.6 Å². The van der Waals surface area contributed by atoms with E-state index in [1.54, 1.807) is 28.2 Å². The van der Waals surface area contributed by atoms with Crippen LogP contribution in [0.25, 0.3) is 0 Å². The van der Waals surface area contributed by atoms with Crippen LogP contribution in [0.4, 0.5) is 0 Å². The zero-order valence-corrected chi connectivity index (χ0v) is 37.6. The first-order chi connectivity index (χ1) is 26.9. The van der Waals surface area contributed by atoms with Crippen molar-refractivity contribution in [3.05, 3.63) is 0 Å². The van der Waals surface area contributed by atoms with Gasteiger partial charge in [0.1, 0.15) is 83.3 Å². The van der Waals surface area contributed by atoms with E-state index in [-0.39, 0.29) is 135 Å². The van der Waals surface area contributed by atoms with Gasteiger partial charge in [-0.15, -0.1) is 0 Å². The summed E-state index contributed by atoms with van der Waals surface area (Å²) in [5.74, 6) is -4.55. The summed E-state index contributed by atoms with van der Waals surface area (Å²) in [7, 11) is 6.81. The lowest BCUT2D eigenvalue weighted by atomic mass is 10.2. The number of carboxylic acid groups (broad SMARTS) is 4. The summed E-state index contributed by atoms with van der Waals surface area (Å²) < 4.78 is 21.0. The standard InChI is InChI=1S/C11H23NO5.C10H21NO4.C9H19NO4.C8H17NO4.4CH4/c1-9(2)17-8-10(14)6-12(3,4-5-13)7-11(15)16;1-8(2)15-7-9(12)5-11(3,4)6-10(13)14;1-7(2)14-6-8(11)4-10(3)5-9(12)13;1-6(2)13-5-7(10)3-9-4-8(11)12;;;;/h9-10,13-14H,4-8H2,1-3H3;8-9,12H,5-7H2,1-4H3;7-8,11H,4-6H2,1-3H3,(H,12,13);6-7,9-10H,3-5H2,1-2H3,(H,11,12);4*1H4. The van der Waals surface area contributed by atoms with E-state index in [2.05, 4.69) is 0 Å². The van der Waals surface area contributed by atoms with E-state index >= 15 is 0 Å². The van der Waals surface area contributed by atoms with Crippen molar-refractivity contribution in [2.24, 2.45) is 0 Å². The number of nitrogens with zero attached hydrogens (tertiary/aromatic N) is 2. The highest BCUT2D eigenvalue weighted by atomic mass is 16.5. The first-order valence-electron chi connectivity index (χ1n) is 19.8. The molecule has 0 amide bonds. The highest BCUT2D eigenvalue weighted by Gasteiger charge is 2.26. The van der Waals surface area contributed by atoms with Gasteiger partial charge in [0.2, 0.25) is 0 Å². The fourth-order valence-corrected chi connectivity index (χ4v) is 4.84. The van der Waals surface area contributed by atoms with E-state index in [1.165, 1.54) is 5.32 Å². The Morgan fingerprint density at radius 2 is 0.937 bits per heavy atom. The smallest absolute Gasteiger partial charge is 0.126 e. The molecule has 63 heavy (non-hydrogen) atoms. The van der Waals surface area contributed by atoms with Crippen molar-refractivity contribution in [1.29, 1.82) is 0 Å². The lowest BCUT2D eigenvalue weighted by molar-refractivity contribution is -0.907. The molecule has 0 aliphatic carbocycles. The number of aliphatic carboxylic acids is 4. The number of aliphatic hydroxyl groups excluding tert-OH is 5. The molecule has 21 nitrogen and oxygen atoms in total. The molecule has 0 aromatic rings. The molecule has 21 heteroatoms. The van der Waals surface area contributed by atoms with Crippen molar-refractivity contribution >= 4 is 23.9 Å². The number of hydrogen-bond acceptors (Lipinski definition) is 17. The predicted octanol–water partition coefficient (Wildman–Crippen LogP) is -6.77. The van der Waals surface area contributed by atoms with Gasteiger partial charge in [0.25, 0.3) is 0 Å². The van der Waals surface area contributed by atoms with E-state index in [9.17, 15) is 60.0 Å². The van der Waals surface area contributed by atoms with Crippen LogP contribution in [0.5, 0.6) is 0 Å². The van der Waals surface area contributed by atoms with Crippen molar-refractivity contribution in [1.82, 2.24) is 0 Å². The molecule has 0 spiro atoms. The molecule has 0 rings (SSSR count). The zero-order chi connectivity index (χ0) is 46.9. The average Bonchev–Trinajstić information content (AvgIpc) is 3.03. The second kappa shape index (κ2) is 44.6. The zero-order valence-electron chi connectivity index (χ0n) is 37.6. The first-order valence-corrected chi connectivity index (χ1v) is 19.8. The monoisotopic (exact) mass is 929 g/mol. The molecule has 0 aliphatic rings. The first kappa shape index (κ1) is 77.6. The van der Waals surface area contributed by atoms with E-state index in [1.807, 2.05) is 55.4 Å². The molecule has 0 aliphatic heterocycles. The maximum absolute atomic E-state index is 10.6. The van der Waals surface area contributed by atoms with Gasteiger partial charge in [-0.05, 0) is 55.4 Å². The molecule has 0 aromatic carbocycles. The summed E-state index contributed by atoms with van der Waals surface area (Å²) >= 11 is 0. The minimum Gasteiger partial charge on any atom is -0.544 e. The molecule has 6 atom stereocenters. The minimum absolute atomic E-state index is 0. The summed E-state index contributed by atoms with van der Waals surface area (Å²) in [5, 5.41) is 89.6. The molecule has 0 aromatic heterocycles. The Morgan fingerprint density at radius 1 is 0.571 bits per heavy atom. The van der Waals surface area contributed by atoms with Gasteiger partial charge >= 0.3 is 0 Å². The molecule has 0 fully saturated rings. The second-order valence-corrected chi connectivity index (χ2v) is 16.4. The molecule has 0 saturated heterocycles. The Morgan fingerprint density at radius 3 is 1.27 bits per heavy atom. The van der Waals surface area contributed by atoms with Gasteiger partial charge in [0.15, 0.2) is 0 Å². The van der Waals surface area contributed by atoms with Crippen LogP contribution in [0.1, 0.15) is 85.1 Å². The largest absolute Gasteiger partial charge is 0.544 e. The van der Waals surface area contributed by atoms with Crippen molar-refractivity contribution in [2.75, 3.05) is 120 Å². The third-order valence-corrected chi connectivity index (χ3v) is 7.33. The van der Waals surface area contributed by atoms with E-state index in [4.69, 9.17) is 24.1 Å². The lowest BCUT2D eigenvalue weighted by Crippen LogP contribution is -3.11. The number of nitrogens with one attached hydrogen (secondary N) is 1. The number of likely N-dealkylation sites (N-methyl/N-ethyl adjacent to an activating group) is 3. The number of nitrogens with two attached hydrogens (primary N) is 1. The maximum Gasteiger partial charge on any atom is 0.126 e. The van der Waals surface area contributed by atoms with Gasteiger partial charge < -0.3 is 103 Å². The average molecular weight is 929 g/mol. The number of aliphatic hydroxyl groups is 5. The van der Waals surface area contributed by atoms with Crippen LogP contribution in [-0.4, -0.2) is 227 Å². The molecular weight excluding hydrogens is 832 g/mol. The fourth-order valence-electron chi connectivity index (χ4n) is 4.84. The molecular formula is C42H96N4O17. The molecule has 0 radical (unpaired) electrons. The van der Waals surface area contributed by atoms with E-state index < -0.39 is 48.3 Å². The van der Waals surface area contributed by atoms with Crippen LogP contribution in [0.15, 0.2) is 0 Å². The highest BCUT2D eigenvalue weighted by molar-refractivity contribution is 5.66. The summed E-state index contributed by atoms with van der Waals surface area (Å²) in [6.07, 6.45) is -2.42. The Hall–Kier alpha value is -2.64. The topological polar surface area (TPSA) is 320 Å². The van der Waals surface area contributed by atoms with E-state index in [0.717, 1.165) is 0 Å².